The van der Waals surface area contributed by atoms with Crippen molar-refractivity contribution in [1.29, 1.82) is 0 Å². The van der Waals surface area contributed by atoms with Gasteiger partial charge >= 0.3 is 0 Å². The van der Waals surface area contributed by atoms with Crippen molar-refractivity contribution >= 4 is 17.5 Å². The molecule has 4 rings (SSSR count). The Balaban J connectivity index is 1.32. The van der Waals surface area contributed by atoms with Gasteiger partial charge in [0.1, 0.15) is 5.75 Å². The van der Waals surface area contributed by atoms with Gasteiger partial charge in [-0.2, -0.15) is 0 Å². The second kappa shape index (κ2) is 7.26. The van der Waals surface area contributed by atoms with E-state index in [4.69, 9.17) is 16.3 Å². The maximum absolute atomic E-state index is 13.0. The van der Waals surface area contributed by atoms with Crippen molar-refractivity contribution in [3.05, 3.63) is 28.8 Å². The summed E-state index contributed by atoms with van der Waals surface area (Å²) >= 11 is 6.06. The Hall–Kier alpha value is -1.30. The third-order valence-electron chi connectivity index (χ3n) is 6.51. The van der Waals surface area contributed by atoms with Crippen LogP contribution in [0.15, 0.2) is 18.2 Å². The first kappa shape index (κ1) is 19.0. The van der Waals surface area contributed by atoms with Crippen molar-refractivity contribution in [3.63, 3.8) is 0 Å². The molecular weight excluding hydrogens is 364 g/mol. The monoisotopic (exact) mass is 392 g/mol. The van der Waals surface area contributed by atoms with E-state index >= 15 is 0 Å². The molecule has 0 unspecified atom stereocenters. The molecule has 1 spiro atoms. The molecule has 2 saturated heterocycles. The lowest BCUT2D eigenvalue weighted by Gasteiger charge is -2.37. The summed E-state index contributed by atoms with van der Waals surface area (Å²) in [4.78, 5) is 17.4. The molecule has 1 N–H and O–H groups in total. The number of phenolic OH excluding ortho intramolecular Hbond substituents is 1. The number of phenols is 1. The van der Waals surface area contributed by atoms with Crippen LogP contribution in [0.2, 0.25) is 5.02 Å². The van der Waals surface area contributed by atoms with E-state index in [-0.39, 0.29) is 23.5 Å². The lowest BCUT2D eigenvalue weighted by Crippen LogP contribution is -2.49. The first-order chi connectivity index (χ1) is 12.9. The molecule has 1 amide bonds. The van der Waals surface area contributed by atoms with Crippen LogP contribution in [0.1, 0.15) is 38.7 Å². The van der Waals surface area contributed by atoms with Gasteiger partial charge in [-0.25, -0.2) is 0 Å². The highest BCUT2D eigenvalue weighted by atomic mass is 35.5. The quantitative estimate of drug-likeness (QED) is 0.857. The zero-order chi connectivity index (χ0) is 19.2. The standard InChI is InChI=1S/C21H29ClN2O3/c1-14-11-24(12-15(2)27-14)20(26)18-10-21(18)5-7-23(8-6-21)13-16-9-17(22)3-4-19(16)25/h3-4,9,14-15,18,25H,5-8,10-13H2,1-2H3/t14-,15+,18-/m0/s1. The summed E-state index contributed by atoms with van der Waals surface area (Å²) < 4.78 is 5.76. The van der Waals surface area contributed by atoms with Crippen LogP contribution >= 0.6 is 11.6 Å². The fraction of sp³-hybridized carbons (Fsp3) is 0.667. The molecular formula is C21H29ClN2O3. The first-order valence-electron chi connectivity index (χ1n) is 10.0. The minimum absolute atomic E-state index is 0.125. The van der Waals surface area contributed by atoms with Crippen molar-refractivity contribution < 1.29 is 14.6 Å². The van der Waals surface area contributed by atoms with Gasteiger partial charge < -0.3 is 14.7 Å². The van der Waals surface area contributed by atoms with Crippen molar-refractivity contribution in [2.24, 2.45) is 11.3 Å². The van der Waals surface area contributed by atoms with Crippen molar-refractivity contribution in [2.75, 3.05) is 26.2 Å². The number of carbonyl (C=O) groups excluding carboxylic acids is 1. The predicted octanol–water partition coefficient (Wildman–Crippen LogP) is 3.28. The fourth-order valence-corrected chi connectivity index (χ4v) is 5.10. The molecule has 27 heavy (non-hydrogen) atoms. The molecule has 3 fully saturated rings. The second-order valence-electron chi connectivity index (χ2n) is 8.67. The summed E-state index contributed by atoms with van der Waals surface area (Å²) in [5.41, 5.74) is 1.08. The topological polar surface area (TPSA) is 53.0 Å². The lowest BCUT2D eigenvalue weighted by molar-refractivity contribution is -0.145. The molecule has 0 bridgehead atoms. The summed E-state index contributed by atoms with van der Waals surface area (Å²) in [6.07, 6.45) is 3.39. The Labute approximate surface area is 166 Å². The van der Waals surface area contributed by atoms with Crippen LogP contribution in [0, 0.1) is 11.3 Å². The lowest BCUT2D eigenvalue weighted by atomic mass is 9.90. The molecule has 0 radical (unpaired) electrons. The Morgan fingerprint density at radius 2 is 1.93 bits per heavy atom. The molecule has 1 saturated carbocycles. The maximum Gasteiger partial charge on any atom is 0.226 e. The van der Waals surface area contributed by atoms with E-state index in [1.807, 2.05) is 24.8 Å². The van der Waals surface area contributed by atoms with Crippen molar-refractivity contribution in [1.82, 2.24) is 9.80 Å². The number of aromatic hydroxyl groups is 1. The number of benzene rings is 1. The molecule has 2 aliphatic heterocycles. The van der Waals surface area contributed by atoms with E-state index in [2.05, 4.69) is 4.90 Å². The van der Waals surface area contributed by atoms with Gasteiger partial charge in [-0.1, -0.05) is 11.6 Å². The Morgan fingerprint density at radius 1 is 1.26 bits per heavy atom. The molecule has 3 atom stereocenters. The van der Waals surface area contributed by atoms with Crippen LogP contribution in [-0.2, 0) is 16.1 Å². The number of nitrogens with zero attached hydrogens (tertiary/aromatic N) is 2. The zero-order valence-corrected chi connectivity index (χ0v) is 16.9. The van der Waals surface area contributed by atoms with E-state index in [0.29, 0.717) is 23.2 Å². The molecule has 5 nitrogen and oxygen atoms in total. The molecule has 1 aromatic rings. The van der Waals surface area contributed by atoms with E-state index in [0.717, 1.165) is 51.0 Å². The van der Waals surface area contributed by atoms with Crippen LogP contribution in [0.4, 0.5) is 0 Å². The summed E-state index contributed by atoms with van der Waals surface area (Å²) in [6.45, 7) is 8.16. The normalized spacial score (nSPS) is 30.5. The number of halogens is 1. The number of carbonyl (C=O) groups is 1. The van der Waals surface area contributed by atoms with E-state index in [1.165, 1.54) is 0 Å². The molecule has 148 valence electrons. The van der Waals surface area contributed by atoms with Gasteiger partial charge in [0.25, 0.3) is 0 Å². The Bertz CT molecular complexity index is 707. The highest BCUT2D eigenvalue weighted by Crippen LogP contribution is 2.60. The number of hydrogen-bond acceptors (Lipinski definition) is 4. The number of ether oxygens (including phenoxy) is 1. The number of morpholine rings is 1. The Morgan fingerprint density at radius 3 is 2.59 bits per heavy atom. The van der Waals surface area contributed by atoms with E-state index < -0.39 is 0 Å². The van der Waals surface area contributed by atoms with Crippen molar-refractivity contribution in [3.8, 4) is 5.75 Å². The van der Waals surface area contributed by atoms with Crippen LogP contribution in [0.3, 0.4) is 0 Å². The molecule has 1 aromatic carbocycles. The molecule has 6 heteroatoms. The van der Waals surface area contributed by atoms with Gasteiger partial charge in [-0.3, -0.25) is 9.69 Å². The van der Waals surface area contributed by atoms with Crippen LogP contribution < -0.4 is 0 Å². The minimum atomic E-state index is 0.125. The molecule has 2 heterocycles. The van der Waals surface area contributed by atoms with Crippen LogP contribution in [0.5, 0.6) is 5.75 Å². The number of hydrogen-bond donors (Lipinski definition) is 1. The number of rotatable bonds is 3. The van der Waals surface area contributed by atoms with E-state index in [1.54, 1.807) is 12.1 Å². The van der Waals surface area contributed by atoms with Gasteiger partial charge in [0, 0.05) is 36.1 Å². The van der Waals surface area contributed by atoms with Crippen LogP contribution in [-0.4, -0.2) is 59.2 Å². The fourth-order valence-electron chi connectivity index (χ4n) is 4.91. The second-order valence-corrected chi connectivity index (χ2v) is 9.11. The zero-order valence-electron chi connectivity index (χ0n) is 16.2. The average Bonchev–Trinajstić information content (AvgIpc) is 3.32. The van der Waals surface area contributed by atoms with Gasteiger partial charge in [-0.15, -0.1) is 0 Å². The first-order valence-corrected chi connectivity index (χ1v) is 10.4. The highest BCUT2D eigenvalue weighted by Gasteiger charge is 2.59. The summed E-state index contributed by atoms with van der Waals surface area (Å²) in [7, 11) is 0. The SMILES string of the molecule is C[C@@H]1CN(C(=O)[C@@H]2CC23CCN(Cc2cc(Cl)ccc2O)CC3)C[C@H](C)O1. The van der Waals surface area contributed by atoms with Crippen LogP contribution in [0.25, 0.3) is 0 Å². The summed E-state index contributed by atoms with van der Waals surface area (Å²) in [5.74, 6) is 0.823. The average molecular weight is 393 g/mol. The largest absolute Gasteiger partial charge is 0.508 e. The predicted molar refractivity (Wildman–Crippen MR) is 105 cm³/mol. The van der Waals surface area contributed by atoms with Gasteiger partial charge in [-0.05, 0) is 69.8 Å². The van der Waals surface area contributed by atoms with E-state index in [9.17, 15) is 9.90 Å². The number of piperidine rings is 1. The Kier molecular flexibility index (Phi) is 5.12. The number of likely N-dealkylation sites (tertiary alicyclic amines) is 1. The molecule has 3 aliphatic rings. The third kappa shape index (κ3) is 3.96. The van der Waals surface area contributed by atoms with Crippen molar-refractivity contribution in [2.45, 2.75) is 51.9 Å². The molecule has 0 aromatic heterocycles. The van der Waals surface area contributed by atoms with Gasteiger partial charge in [0.05, 0.1) is 12.2 Å². The third-order valence-corrected chi connectivity index (χ3v) is 6.74. The van der Waals surface area contributed by atoms with Gasteiger partial charge in [0.15, 0.2) is 0 Å². The maximum atomic E-state index is 13.0. The smallest absolute Gasteiger partial charge is 0.226 e. The number of amides is 1. The van der Waals surface area contributed by atoms with Gasteiger partial charge in [0.2, 0.25) is 5.91 Å². The summed E-state index contributed by atoms with van der Waals surface area (Å²) in [6, 6.07) is 5.20. The molecule has 1 aliphatic carbocycles. The highest BCUT2D eigenvalue weighted by molar-refractivity contribution is 6.30. The summed E-state index contributed by atoms with van der Waals surface area (Å²) in [5, 5.41) is 10.7. The minimum Gasteiger partial charge on any atom is -0.508 e.